The number of halogens is 1. The molecule has 0 bridgehead atoms. The number of ether oxygens (including phenoxy) is 1. The van der Waals surface area contributed by atoms with Crippen molar-refractivity contribution < 1.29 is 24.3 Å². The number of hydrogen-bond acceptors (Lipinski definition) is 5. The molecular weight excluding hydrogens is 350 g/mol. The van der Waals surface area contributed by atoms with Crippen LogP contribution in [0.4, 0.5) is 0 Å². The molecule has 0 rings (SSSR count). The first kappa shape index (κ1) is 18.1. The molecule has 0 aromatic heterocycles. The van der Waals surface area contributed by atoms with Crippen molar-refractivity contribution >= 4 is 35.7 Å². The van der Waals surface area contributed by atoms with Crippen LogP contribution in [0.15, 0.2) is 0 Å². The van der Waals surface area contributed by atoms with Crippen molar-refractivity contribution in [1.29, 1.82) is 0 Å². The highest BCUT2D eigenvalue weighted by Gasteiger charge is 2.40. The molecule has 0 spiro atoms. The minimum Gasteiger partial charge on any atom is -0.469 e. The predicted molar refractivity (Wildman–Crippen MR) is 78.5 cm³/mol. The molecule has 0 aliphatic heterocycles. The summed E-state index contributed by atoms with van der Waals surface area (Å²) >= 11 is 2.02. The maximum absolute atomic E-state index is 11.0. The number of esters is 1. The Morgan fingerprint density at radius 1 is 1.39 bits per heavy atom. The van der Waals surface area contributed by atoms with E-state index in [0.717, 1.165) is 0 Å². The Morgan fingerprint density at radius 3 is 2.28 bits per heavy atom. The van der Waals surface area contributed by atoms with Crippen LogP contribution in [0, 0.1) is 0 Å². The number of carbonyl (C=O) groups excluding carboxylic acids is 1. The number of rotatable bonds is 7. The molecule has 0 radical (unpaired) electrons. The fourth-order valence-electron chi connectivity index (χ4n) is 1.02. The fraction of sp³-hybridized carbons (Fsp3) is 0.909. The van der Waals surface area contributed by atoms with Gasteiger partial charge in [-0.1, -0.05) is 22.6 Å². The Kier molecular flexibility index (Phi) is 7.13. The van der Waals surface area contributed by atoms with Gasteiger partial charge in [0.15, 0.2) is 0 Å². The summed E-state index contributed by atoms with van der Waals surface area (Å²) in [5.74, 6) is -0.314. The van der Waals surface area contributed by atoms with Gasteiger partial charge < -0.3 is 19.5 Å². The molecule has 0 fully saturated rings. The van der Waals surface area contributed by atoms with Gasteiger partial charge in [-0.25, -0.2) is 0 Å². The van der Waals surface area contributed by atoms with Gasteiger partial charge in [-0.05, 0) is 34.1 Å². The second-order valence-electron chi connectivity index (χ2n) is 5.21. The second kappa shape index (κ2) is 7.07. The maximum atomic E-state index is 11.0. The lowest BCUT2D eigenvalue weighted by atomic mass is 9.79. The van der Waals surface area contributed by atoms with E-state index in [-0.39, 0.29) is 16.2 Å². The van der Waals surface area contributed by atoms with E-state index in [1.54, 1.807) is 27.7 Å². The van der Waals surface area contributed by atoms with E-state index in [0.29, 0.717) is 6.42 Å². The van der Waals surface area contributed by atoms with Crippen LogP contribution in [-0.2, 0) is 14.2 Å². The van der Waals surface area contributed by atoms with E-state index >= 15 is 0 Å². The largest absolute Gasteiger partial charge is 0.469 e. The Hall–Kier alpha value is 0.145. The first-order chi connectivity index (χ1) is 8.01. The number of aliphatic hydroxyl groups is 1. The summed E-state index contributed by atoms with van der Waals surface area (Å²) < 4.78 is 9.76. The summed E-state index contributed by atoms with van der Waals surface area (Å²) in [5.41, 5.74) is -1.96. The SMILES string of the molecule is COC(=O)CCC(I)B(O)OC(C)(C)C(C)(C)O. The van der Waals surface area contributed by atoms with E-state index in [9.17, 15) is 14.9 Å². The molecule has 7 heteroatoms. The highest BCUT2D eigenvalue weighted by Crippen LogP contribution is 2.27. The molecule has 0 saturated carbocycles. The number of hydrogen-bond donors (Lipinski definition) is 2. The molecule has 1 atom stereocenters. The van der Waals surface area contributed by atoms with E-state index < -0.39 is 18.3 Å². The molecule has 0 saturated heterocycles. The summed E-state index contributed by atoms with van der Waals surface area (Å²) in [4.78, 5) is 11.0. The van der Waals surface area contributed by atoms with Crippen molar-refractivity contribution in [3.63, 3.8) is 0 Å². The van der Waals surface area contributed by atoms with Crippen LogP contribution >= 0.6 is 22.6 Å². The number of methoxy groups -OCH3 is 1. The van der Waals surface area contributed by atoms with Gasteiger partial charge in [-0.3, -0.25) is 4.79 Å². The smallest absolute Gasteiger partial charge is 0.468 e. The third kappa shape index (κ3) is 5.86. The lowest BCUT2D eigenvalue weighted by Crippen LogP contribution is -2.52. The molecule has 0 aromatic carbocycles. The Balaban J connectivity index is 4.32. The average Bonchev–Trinajstić information content (AvgIpc) is 2.22. The van der Waals surface area contributed by atoms with Crippen LogP contribution in [0.1, 0.15) is 40.5 Å². The van der Waals surface area contributed by atoms with Crippen molar-refractivity contribution in [2.75, 3.05) is 7.11 Å². The Morgan fingerprint density at radius 2 is 1.89 bits per heavy atom. The lowest BCUT2D eigenvalue weighted by Gasteiger charge is -2.39. The summed E-state index contributed by atoms with van der Waals surface area (Å²) in [6.45, 7) is 6.66. The number of carbonyl (C=O) groups is 1. The zero-order valence-electron chi connectivity index (χ0n) is 11.6. The van der Waals surface area contributed by atoms with Gasteiger partial charge in [0.25, 0.3) is 0 Å². The van der Waals surface area contributed by atoms with E-state index in [1.807, 2.05) is 22.6 Å². The summed E-state index contributed by atoms with van der Waals surface area (Å²) in [6.07, 6.45) is 0.684. The van der Waals surface area contributed by atoms with Crippen molar-refractivity contribution in [1.82, 2.24) is 0 Å². The van der Waals surface area contributed by atoms with Crippen LogP contribution in [0.2, 0.25) is 0 Å². The molecule has 2 N–H and O–H groups in total. The van der Waals surface area contributed by atoms with Gasteiger partial charge in [-0.15, -0.1) is 0 Å². The molecule has 0 aromatic rings. The zero-order valence-corrected chi connectivity index (χ0v) is 13.7. The van der Waals surface area contributed by atoms with Crippen LogP contribution in [0.5, 0.6) is 0 Å². The average molecular weight is 372 g/mol. The first-order valence-electron chi connectivity index (χ1n) is 5.80. The third-order valence-corrected chi connectivity index (χ3v) is 4.29. The lowest BCUT2D eigenvalue weighted by molar-refractivity contribution is -0.140. The number of alkyl halides is 1. The second-order valence-corrected chi connectivity index (χ2v) is 6.81. The van der Waals surface area contributed by atoms with E-state index in [4.69, 9.17) is 4.65 Å². The topological polar surface area (TPSA) is 76.0 Å². The summed E-state index contributed by atoms with van der Waals surface area (Å²) in [7, 11) is 0.283. The van der Waals surface area contributed by atoms with Crippen LogP contribution < -0.4 is 0 Å². The molecule has 0 aliphatic rings. The summed E-state index contributed by atoms with van der Waals surface area (Å²) in [6, 6.07) is 0. The van der Waals surface area contributed by atoms with Crippen LogP contribution in [0.3, 0.4) is 0 Å². The van der Waals surface area contributed by atoms with Crippen LogP contribution in [-0.4, -0.2) is 45.4 Å². The minimum atomic E-state index is -1.08. The standard InChI is InChI=1S/C11H22BIO5/c1-10(2,15)11(3,4)18-12(16)8(13)6-7-9(14)17-5/h8,15-16H,6-7H2,1-5H3. The monoisotopic (exact) mass is 372 g/mol. The third-order valence-electron chi connectivity index (χ3n) is 3.05. The first-order valence-corrected chi connectivity index (χ1v) is 7.05. The van der Waals surface area contributed by atoms with Gasteiger partial charge in [-0.2, -0.15) is 0 Å². The predicted octanol–water partition coefficient (Wildman–Crippen LogP) is 1.33. The maximum Gasteiger partial charge on any atom is 0.468 e. The van der Waals surface area contributed by atoms with Crippen molar-refractivity contribution in [2.45, 2.75) is 55.6 Å². The zero-order chi connectivity index (χ0) is 14.6. The van der Waals surface area contributed by atoms with E-state index in [1.165, 1.54) is 7.11 Å². The van der Waals surface area contributed by atoms with Gasteiger partial charge in [0.05, 0.1) is 18.3 Å². The van der Waals surface area contributed by atoms with Crippen molar-refractivity contribution in [3.05, 3.63) is 0 Å². The highest BCUT2D eigenvalue weighted by atomic mass is 127. The normalized spacial score (nSPS) is 14.2. The van der Waals surface area contributed by atoms with Gasteiger partial charge in [0.1, 0.15) is 0 Å². The van der Waals surface area contributed by atoms with Gasteiger partial charge in [0, 0.05) is 10.2 Å². The molecule has 106 valence electrons. The summed E-state index contributed by atoms with van der Waals surface area (Å²) in [5, 5.41) is 19.8. The minimum absolute atomic E-state index is 0.230. The molecular formula is C11H22BIO5. The molecule has 0 heterocycles. The Bertz CT molecular complexity index is 277. The van der Waals surface area contributed by atoms with E-state index in [2.05, 4.69) is 4.74 Å². The fourth-order valence-corrected chi connectivity index (χ4v) is 1.48. The molecule has 18 heavy (non-hydrogen) atoms. The molecule has 0 aliphatic carbocycles. The van der Waals surface area contributed by atoms with Crippen molar-refractivity contribution in [2.24, 2.45) is 0 Å². The highest BCUT2D eigenvalue weighted by molar-refractivity contribution is 14.1. The van der Waals surface area contributed by atoms with Gasteiger partial charge in [0.2, 0.25) is 0 Å². The van der Waals surface area contributed by atoms with Crippen LogP contribution in [0.25, 0.3) is 0 Å². The molecule has 5 nitrogen and oxygen atoms in total. The molecule has 1 unspecified atom stereocenters. The molecule has 0 amide bonds. The van der Waals surface area contributed by atoms with Gasteiger partial charge >= 0.3 is 13.1 Å². The van der Waals surface area contributed by atoms with Crippen molar-refractivity contribution in [3.8, 4) is 0 Å². The quantitative estimate of drug-likeness (QED) is 0.305. The Labute approximate surface area is 123 Å².